The Balaban J connectivity index is 2.42. The van der Waals surface area contributed by atoms with Crippen molar-refractivity contribution >= 4 is 17.3 Å². The second-order valence-corrected chi connectivity index (χ2v) is 4.44. The third-order valence-corrected chi connectivity index (χ3v) is 3.43. The maximum atomic E-state index is 11.1. The van der Waals surface area contributed by atoms with Crippen molar-refractivity contribution in [1.82, 2.24) is 4.98 Å². The molecule has 1 aromatic rings. The van der Waals surface area contributed by atoms with E-state index in [-0.39, 0.29) is 10.6 Å². The zero-order valence-corrected chi connectivity index (χ0v) is 10.7. The summed E-state index contributed by atoms with van der Waals surface area (Å²) in [6.45, 7) is 2.95. The number of nitro groups is 1. The summed E-state index contributed by atoms with van der Waals surface area (Å²) >= 11 is 0. The number of hydrogen-bond donors (Lipinski definition) is 1. The van der Waals surface area contributed by atoms with E-state index >= 15 is 0 Å². The summed E-state index contributed by atoms with van der Waals surface area (Å²) in [6, 6.07) is 3.53. The average molecular weight is 250 g/mol. The lowest BCUT2D eigenvalue weighted by Crippen LogP contribution is -2.30. The number of aromatic nitrogens is 1. The minimum atomic E-state index is -0.354. The summed E-state index contributed by atoms with van der Waals surface area (Å²) in [5.74, 6) is 1.16. The van der Waals surface area contributed by atoms with Gasteiger partial charge in [0.2, 0.25) is 5.82 Å². The summed E-state index contributed by atoms with van der Waals surface area (Å²) in [4.78, 5) is 17.2. The minimum absolute atomic E-state index is 0.0920. The molecule has 98 valence electrons. The van der Waals surface area contributed by atoms with Crippen LogP contribution in [-0.4, -0.2) is 29.5 Å². The van der Waals surface area contributed by atoms with Crippen molar-refractivity contribution in [3.8, 4) is 0 Å². The van der Waals surface area contributed by atoms with Crippen molar-refractivity contribution in [2.45, 2.75) is 32.2 Å². The second-order valence-electron chi connectivity index (χ2n) is 4.44. The van der Waals surface area contributed by atoms with Crippen LogP contribution in [0, 0.1) is 10.1 Å². The molecular formula is C12H18N4O2. The maximum absolute atomic E-state index is 11.1. The van der Waals surface area contributed by atoms with Gasteiger partial charge in [-0.15, -0.1) is 0 Å². The minimum Gasteiger partial charge on any atom is -0.373 e. The number of pyridine rings is 1. The maximum Gasteiger partial charge on any atom is 0.311 e. The Morgan fingerprint density at radius 1 is 1.61 bits per heavy atom. The van der Waals surface area contributed by atoms with E-state index in [2.05, 4.69) is 22.1 Å². The third-order valence-electron chi connectivity index (χ3n) is 3.43. The highest BCUT2D eigenvalue weighted by Gasteiger charge is 2.30. The normalized spacial score (nSPS) is 19.0. The van der Waals surface area contributed by atoms with Gasteiger partial charge in [0.25, 0.3) is 0 Å². The number of hydrogen-bond acceptors (Lipinski definition) is 5. The summed E-state index contributed by atoms with van der Waals surface area (Å²) in [5, 5.41) is 14.0. The van der Waals surface area contributed by atoms with Gasteiger partial charge in [0.15, 0.2) is 0 Å². The molecule has 1 aromatic heterocycles. The van der Waals surface area contributed by atoms with Crippen LogP contribution in [0.15, 0.2) is 12.1 Å². The zero-order valence-electron chi connectivity index (χ0n) is 10.7. The SMILES string of the molecule is CCC1CCCN1c1nc(NC)ccc1[N+](=O)[O-]. The molecule has 1 aliphatic heterocycles. The van der Waals surface area contributed by atoms with E-state index in [1.807, 2.05) is 0 Å². The van der Waals surface area contributed by atoms with Crippen molar-refractivity contribution in [2.75, 3.05) is 23.8 Å². The van der Waals surface area contributed by atoms with Crippen LogP contribution in [0.3, 0.4) is 0 Å². The van der Waals surface area contributed by atoms with Gasteiger partial charge in [-0.3, -0.25) is 10.1 Å². The predicted octanol–water partition coefficient (Wildman–Crippen LogP) is 2.41. The van der Waals surface area contributed by atoms with E-state index in [9.17, 15) is 10.1 Å². The highest BCUT2D eigenvalue weighted by Crippen LogP contribution is 2.33. The summed E-state index contributed by atoms with van der Waals surface area (Å²) in [6.07, 6.45) is 3.14. The van der Waals surface area contributed by atoms with Gasteiger partial charge in [-0.05, 0) is 25.3 Å². The average Bonchev–Trinajstić information content (AvgIpc) is 2.85. The van der Waals surface area contributed by atoms with E-state index < -0.39 is 0 Å². The summed E-state index contributed by atoms with van der Waals surface area (Å²) < 4.78 is 0. The van der Waals surface area contributed by atoms with Crippen LogP contribution in [0.2, 0.25) is 0 Å². The Kier molecular flexibility index (Phi) is 3.64. The Morgan fingerprint density at radius 2 is 2.39 bits per heavy atom. The second kappa shape index (κ2) is 5.20. The molecule has 2 heterocycles. The Hall–Kier alpha value is -1.85. The molecule has 1 unspecified atom stereocenters. The molecule has 0 bridgehead atoms. The number of rotatable bonds is 4. The van der Waals surface area contributed by atoms with Crippen molar-refractivity contribution in [3.05, 3.63) is 22.2 Å². The Labute approximate surface area is 106 Å². The van der Waals surface area contributed by atoms with Crippen molar-refractivity contribution in [1.29, 1.82) is 0 Å². The van der Waals surface area contributed by atoms with Crippen LogP contribution in [0.1, 0.15) is 26.2 Å². The van der Waals surface area contributed by atoms with Crippen LogP contribution in [0.5, 0.6) is 0 Å². The summed E-state index contributed by atoms with van der Waals surface area (Å²) in [5.41, 5.74) is 0.0920. The number of anilines is 2. The first-order chi connectivity index (χ1) is 8.67. The van der Waals surface area contributed by atoms with E-state index in [0.717, 1.165) is 25.8 Å². The van der Waals surface area contributed by atoms with Gasteiger partial charge in [-0.25, -0.2) is 4.98 Å². The van der Waals surface area contributed by atoms with Gasteiger partial charge in [0, 0.05) is 25.7 Å². The number of nitrogens with zero attached hydrogens (tertiary/aromatic N) is 3. The van der Waals surface area contributed by atoms with Crippen molar-refractivity contribution < 1.29 is 4.92 Å². The lowest BCUT2D eigenvalue weighted by atomic mass is 10.1. The highest BCUT2D eigenvalue weighted by molar-refractivity contribution is 5.62. The molecule has 0 radical (unpaired) electrons. The first kappa shape index (κ1) is 12.6. The fourth-order valence-corrected chi connectivity index (χ4v) is 2.47. The molecule has 0 amide bonds. The fraction of sp³-hybridized carbons (Fsp3) is 0.583. The van der Waals surface area contributed by atoms with Crippen molar-refractivity contribution in [3.63, 3.8) is 0 Å². The van der Waals surface area contributed by atoms with E-state index in [0.29, 0.717) is 17.7 Å². The fourth-order valence-electron chi connectivity index (χ4n) is 2.47. The zero-order chi connectivity index (χ0) is 13.1. The molecule has 0 spiro atoms. The molecule has 1 aliphatic rings. The molecular weight excluding hydrogens is 232 g/mol. The molecule has 1 N–H and O–H groups in total. The molecule has 6 nitrogen and oxygen atoms in total. The number of nitrogens with one attached hydrogen (secondary N) is 1. The monoisotopic (exact) mass is 250 g/mol. The third kappa shape index (κ3) is 2.23. The molecule has 1 saturated heterocycles. The highest BCUT2D eigenvalue weighted by atomic mass is 16.6. The van der Waals surface area contributed by atoms with Crippen LogP contribution >= 0.6 is 0 Å². The van der Waals surface area contributed by atoms with Gasteiger partial charge >= 0.3 is 5.69 Å². The first-order valence-electron chi connectivity index (χ1n) is 6.27. The van der Waals surface area contributed by atoms with E-state index in [1.54, 1.807) is 13.1 Å². The van der Waals surface area contributed by atoms with Crippen LogP contribution < -0.4 is 10.2 Å². The molecule has 2 rings (SSSR count). The molecule has 18 heavy (non-hydrogen) atoms. The van der Waals surface area contributed by atoms with Crippen LogP contribution in [0.25, 0.3) is 0 Å². The molecule has 1 atom stereocenters. The molecule has 0 saturated carbocycles. The van der Waals surface area contributed by atoms with E-state index in [4.69, 9.17) is 0 Å². The van der Waals surface area contributed by atoms with Gasteiger partial charge in [0.1, 0.15) is 5.82 Å². The van der Waals surface area contributed by atoms with Crippen LogP contribution in [0.4, 0.5) is 17.3 Å². The largest absolute Gasteiger partial charge is 0.373 e. The molecule has 1 fully saturated rings. The lowest BCUT2D eigenvalue weighted by Gasteiger charge is -2.24. The Morgan fingerprint density at radius 3 is 3.00 bits per heavy atom. The molecule has 0 aromatic carbocycles. The van der Waals surface area contributed by atoms with Gasteiger partial charge in [-0.1, -0.05) is 6.92 Å². The molecule has 0 aliphatic carbocycles. The summed E-state index contributed by atoms with van der Waals surface area (Å²) in [7, 11) is 1.76. The van der Waals surface area contributed by atoms with Gasteiger partial charge in [-0.2, -0.15) is 0 Å². The quantitative estimate of drug-likeness (QED) is 0.656. The smallest absolute Gasteiger partial charge is 0.311 e. The Bertz CT molecular complexity index is 450. The van der Waals surface area contributed by atoms with Crippen molar-refractivity contribution in [2.24, 2.45) is 0 Å². The first-order valence-corrected chi connectivity index (χ1v) is 6.27. The molecule has 6 heteroatoms. The predicted molar refractivity (Wildman–Crippen MR) is 71.1 cm³/mol. The topological polar surface area (TPSA) is 71.3 Å². The van der Waals surface area contributed by atoms with Gasteiger partial charge in [0.05, 0.1) is 4.92 Å². The standard InChI is InChI=1S/C12H18N4O2/c1-3-9-5-4-8-15(9)12-10(16(17)18)6-7-11(13-2)14-12/h6-7,9H,3-5,8H2,1-2H3,(H,13,14). The van der Waals surface area contributed by atoms with E-state index in [1.165, 1.54) is 6.07 Å². The van der Waals surface area contributed by atoms with Gasteiger partial charge < -0.3 is 10.2 Å². The van der Waals surface area contributed by atoms with Crippen LogP contribution in [-0.2, 0) is 0 Å². The lowest BCUT2D eigenvalue weighted by molar-refractivity contribution is -0.384.